The summed E-state index contributed by atoms with van der Waals surface area (Å²) in [5.41, 5.74) is 11.8. The van der Waals surface area contributed by atoms with Crippen molar-refractivity contribution >= 4 is 65.2 Å². The molecule has 3 heterocycles. The largest absolute Gasteiger partial charge is 0.309 e. The number of hydrogen-bond acceptors (Lipinski definition) is 3. The maximum atomic E-state index is 5.32. The number of rotatable bonds is 6. The molecule has 5 nitrogen and oxygen atoms in total. The van der Waals surface area contributed by atoms with E-state index in [0.29, 0.717) is 17.5 Å². The molecule has 0 spiro atoms. The van der Waals surface area contributed by atoms with Gasteiger partial charge in [0.2, 0.25) is 0 Å². The monoisotopic (exact) mass is 815 g/mol. The van der Waals surface area contributed by atoms with E-state index in [4.69, 9.17) is 15.0 Å². The van der Waals surface area contributed by atoms with Crippen LogP contribution in [0.4, 0.5) is 0 Å². The lowest BCUT2D eigenvalue weighted by Crippen LogP contribution is -2.02. The van der Waals surface area contributed by atoms with E-state index in [0.717, 1.165) is 66.4 Å². The van der Waals surface area contributed by atoms with Crippen LogP contribution < -0.4 is 0 Å². The second kappa shape index (κ2) is 14.5. The summed E-state index contributed by atoms with van der Waals surface area (Å²) in [4.78, 5) is 15.8. The molecule has 0 radical (unpaired) electrons. The number of aromatic nitrogens is 5. The smallest absolute Gasteiger partial charge is 0.164 e. The fourth-order valence-corrected chi connectivity index (χ4v) is 9.71. The van der Waals surface area contributed by atoms with E-state index in [1.54, 1.807) is 0 Å². The molecule has 0 aliphatic heterocycles. The summed E-state index contributed by atoms with van der Waals surface area (Å²) in [6, 6.07) is 79.9. The quantitative estimate of drug-likeness (QED) is 0.168. The van der Waals surface area contributed by atoms with Crippen molar-refractivity contribution < 1.29 is 0 Å². The molecule has 13 aromatic rings. The molecule has 0 saturated carbocycles. The molecule has 10 aromatic carbocycles. The van der Waals surface area contributed by atoms with Crippen LogP contribution in [0.5, 0.6) is 0 Å². The van der Waals surface area contributed by atoms with Gasteiger partial charge in [0.15, 0.2) is 17.5 Å². The zero-order valence-corrected chi connectivity index (χ0v) is 34.6. The summed E-state index contributed by atoms with van der Waals surface area (Å²) in [6.07, 6.45) is 0. The second-order valence-corrected chi connectivity index (χ2v) is 16.5. The van der Waals surface area contributed by atoms with Gasteiger partial charge >= 0.3 is 0 Å². The second-order valence-electron chi connectivity index (χ2n) is 16.5. The average molecular weight is 816 g/mol. The van der Waals surface area contributed by atoms with Crippen molar-refractivity contribution in [3.63, 3.8) is 0 Å². The van der Waals surface area contributed by atoms with Gasteiger partial charge in [-0.1, -0.05) is 158 Å². The lowest BCUT2D eigenvalue weighted by Gasteiger charge is -2.16. The molecule has 0 aliphatic carbocycles. The predicted octanol–water partition coefficient (Wildman–Crippen LogP) is 15.0. The summed E-state index contributed by atoms with van der Waals surface area (Å²) >= 11 is 0. The minimum Gasteiger partial charge on any atom is -0.309 e. The highest BCUT2D eigenvalue weighted by atomic mass is 15.0. The zero-order valence-electron chi connectivity index (χ0n) is 34.6. The lowest BCUT2D eigenvalue weighted by molar-refractivity contribution is 1.07. The molecule has 13 rings (SSSR count). The fraction of sp³-hybridized carbons (Fsp3) is 0. The Bertz CT molecular complexity index is 3870. The van der Waals surface area contributed by atoms with Crippen molar-refractivity contribution in [2.75, 3.05) is 0 Å². The molecular formula is C59H37N5. The van der Waals surface area contributed by atoms with Crippen LogP contribution >= 0.6 is 0 Å². The van der Waals surface area contributed by atoms with Gasteiger partial charge in [0, 0.05) is 49.5 Å². The molecule has 0 N–H and O–H groups in total. The normalized spacial score (nSPS) is 11.8. The summed E-state index contributed by atoms with van der Waals surface area (Å²) in [6.45, 7) is 0. The van der Waals surface area contributed by atoms with E-state index in [2.05, 4.69) is 234 Å². The molecule has 0 bridgehead atoms. The van der Waals surface area contributed by atoms with Crippen molar-refractivity contribution in [2.45, 2.75) is 0 Å². The Hall–Kier alpha value is -8.67. The van der Waals surface area contributed by atoms with Crippen LogP contribution in [0.3, 0.4) is 0 Å². The Balaban J connectivity index is 1.01. The molecular weight excluding hydrogens is 779 g/mol. The first-order chi connectivity index (χ1) is 31.7. The Morgan fingerprint density at radius 3 is 1.27 bits per heavy atom. The van der Waals surface area contributed by atoms with Crippen molar-refractivity contribution in [3.8, 4) is 56.7 Å². The Kier molecular flexibility index (Phi) is 8.15. The highest BCUT2D eigenvalue weighted by molar-refractivity contribution is 6.11. The third kappa shape index (κ3) is 5.83. The Labute approximate surface area is 368 Å². The maximum Gasteiger partial charge on any atom is 0.164 e. The summed E-state index contributed by atoms with van der Waals surface area (Å²) < 4.78 is 4.75. The first-order valence-electron chi connectivity index (χ1n) is 21.7. The van der Waals surface area contributed by atoms with Gasteiger partial charge in [-0.15, -0.1) is 0 Å². The summed E-state index contributed by atoms with van der Waals surface area (Å²) in [5, 5.41) is 9.48. The Morgan fingerprint density at radius 2 is 0.688 bits per heavy atom. The molecule has 0 amide bonds. The first-order valence-corrected chi connectivity index (χ1v) is 21.7. The average Bonchev–Trinajstić information content (AvgIpc) is 3.89. The third-order valence-electron chi connectivity index (χ3n) is 12.7. The van der Waals surface area contributed by atoms with Crippen molar-refractivity contribution in [1.82, 2.24) is 24.1 Å². The van der Waals surface area contributed by atoms with Gasteiger partial charge in [0.05, 0.1) is 27.8 Å². The molecule has 0 atom stereocenters. The van der Waals surface area contributed by atoms with Crippen molar-refractivity contribution in [2.24, 2.45) is 0 Å². The van der Waals surface area contributed by atoms with Crippen LogP contribution in [-0.2, 0) is 0 Å². The fourth-order valence-electron chi connectivity index (χ4n) is 9.71. The van der Waals surface area contributed by atoms with Crippen LogP contribution in [0.1, 0.15) is 0 Å². The van der Waals surface area contributed by atoms with Gasteiger partial charge in [-0.05, 0) is 93.8 Å². The van der Waals surface area contributed by atoms with Gasteiger partial charge in [-0.3, -0.25) is 0 Å². The maximum absolute atomic E-state index is 5.32. The van der Waals surface area contributed by atoms with Gasteiger partial charge in [0.1, 0.15) is 0 Å². The Morgan fingerprint density at radius 1 is 0.266 bits per heavy atom. The van der Waals surface area contributed by atoms with E-state index in [-0.39, 0.29) is 0 Å². The van der Waals surface area contributed by atoms with Crippen LogP contribution in [-0.4, -0.2) is 24.1 Å². The molecule has 5 heteroatoms. The van der Waals surface area contributed by atoms with Gasteiger partial charge in [0.25, 0.3) is 0 Å². The topological polar surface area (TPSA) is 48.5 Å². The molecule has 0 aliphatic rings. The summed E-state index contributed by atoms with van der Waals surface area (Å²) in [7, 11) is 0. The molecule has 3 aromatic heterocycles. The van der Waals surface area contributed by atoms with Crippen molar-refractivity contribution in [3.05, 3.63) is 224 Å². The first kappa shape index (κ1) is 36.0. The van der Waals surface area contributed by atoms with Crippen molar-refractivity contribution in [1.29, 1.82) is 0 Å². The SMILES string of the molecule is c1ccc(-c2cc(-c3nc(-c4ccc5ccccc5c4)nc(-c4ccc5ccc(-n6c7ccccc7c7ccccc76)cc5c4)n3)ccc2-n2c3ccccc3c3ccccc32)cc1. The van der Waals surface area contributed by atoms with Gasteiger partial charge < -0.3 is 9.13 Å². The molecule has 298 valence electrons. The standard InChI is InChI=1S/C59H37N5/c1-2-15-40(16-3-1)51-37-44(31-33-56(51)64-54-24-12-8-20-49(54)50-21-9-13-25-55(50)64)59-61-57(42-28-26-38-14-4-5-17-41(38)34-42)60-58(62-59)43-29-27-39-30-32-46(36-45(39)35-43)63-52-22-10-6-18-47(52)48-19-7-11-23-53(48)63/h1-37H. The highest BCUT2D eigenvalue weighted by Crippen LogP contribution is 2.39. The minimum atomic E-state index is 0.609. The van der Waals surface area contributed by atoms with E-state index >= 15 is 0 Å². The number of para-hydroxylation sites is 4. The summed E-state index contributed by atoms with van der Waals surface area (Å²) in [5.74, 6) is 1.85. The number of hydrogen-bond donors (Lipinski definition) is 0. The van der Waals surface area contributed by atoms with Crippen LogP contribution in [0.25, 0.3) is 122 Å². The number of benzene rings is 10. The van der Waals surface area contributed by atoms with E-state index < -0.39 is 0 Å². The molecule has 0 unspecified atom stereocenters. The van der Waals surface area contributed by atoms with Crippen LogP contribution in [0.2, 0.25) is 0 Å². The highest BCUT2D eigenvalue weighted by Gasteiger charge is 2.19. The van der Waals surface area contributed by atoms with Gasteiger partial charge in [-0.25, -0.2) is 15.0 Å². The lowest BCUT2D eigenvalue weighted by atomic mass is 10.00. The third-order valence-corrected chi connectivity index (χ3v) is 12.7. The molecule has 64 heavy (non-hydrogen) atoms. The van der Waals surface area contributed by atoms with Crippen LogP contribution in [0, 0.1) is 0 Å². The molecule has 0 saturated heterocycles. The predicted molar refractivity (Wildman–Crippen MR) is 265 cm³/mol. The van der Waals surface area contributed by atoms with Crippen LogP contribution in [0.15, 0.2) is 224 Å². The van der Waals surface area contributed by atoms with E-state index in [1.807, 2.05) is 0 Å². The van der Waals surface area contributed by atoms with E-state index in [9.17, 15) is 0 Å². The minimum absolute atomic E-state index is 0.609. The van der Waals surface area contributed by atoms with E-state index in [1.165, 1.54) is 38.0 Å². The molecule has 0 fully saturated rings. The zero-order chi connectivity index (χ0) is 42.1. The number of nitrogens with zero attached hydrogens (tertiary/aromatic N) is 5. The van der Waals surface area contributed by atoms with Gasteiger partial charge in [-0.2, -0.15) is 0 Å². The number of fused-ring (bicyclic) bond motifs is 8.